The van der Waals surface area contributed by atoms with Gasteiger partial charge in [-0.1, -0.05) is 15.9 Å². The summed E-state index contributed by atoms with van der Waals surface area (Å²) in [6.45, 7) is 1.84. The minimum absolute atomic E-state index is 0.330. The number of hydrogen-bond acceptors (Lipinski definition) is 2. The van der Waals surface area contributed by atoms with E-state index in [1.807, 2.05) is 6.92 Å². The second-order valence-corrected chi connectivity index (χ2v) is 3.48. The van der Waals surface area contributed by atoms with Crippen molar-refractivity contribution < 1.29 is 4.39 Å². The van der Waals surface area contributed by atoms with Crippen LogP contribution in [0.5, 0.6) is 0 Å². The molecule has 0 atom stereocenters. The van der Waals surface area contributed by atoms with Gasteiger partial charge in [-0.05, 0) is 30.2 Å². The number of hydrogen-bond donors (Lipinski definition) is 2. The molecule has 1 aromatic carbocycles. The molecule has 12 heavy (non-hydrogen) atoms. The van der Waals surface area contributed by atoms with E-state index in [1.165, 1.54) is 12.1 Å². The molecule has 0 saturated carbocycles. The molecule has 0 aromatic heterocycles. The molecular formula is C8H10BrFN2. The third kappa shape index (κ3) is 1.83. The monoisotopic (exact) mass is 232 g/mol. The Morgan fingerprint density at radius 2 is 2.00 bits per heavy atom. The highest BCUT2D eigenvalue weighted by molar-refractivity contribution is 9.10. The first-order valence-corrected chi connectivity index (χ1v) is 4.28. The molecule has 4 heteroatoms. The number of halogens is 2. The molecule has 0 heterocycles. The van der Waals surface area contributed by atoms with Crippen LogP contribution >= 0.6 is 15.9 Å². The first-order valence-electron chi connectivity index (χ1n) is 3.49. The van der Waals surface area contributed by atoms with Crippen LogP contribution in [-0.2, 0) is 0 Å². The first-order chi connectivity index (χ1) is 5.52. The normalized spacial score (nSPS) is 10.8. The Kier molecular flexibility index (Phi) is 2.82. The SMILES string of the molecule is Cc1c(Br)cc(F)cc1C(N)N. The zero-order valence-electron chi connectivity index (χ0n) is 6.64. The summed E-state index contributed by atoms with van der Waals surface area (Å²) in [6, 6.07) is 2.74. The zero-order chi connectivity index (χ0) is 9.30. The van der Waals surface area contributed by atoms with Crippen LogP contribution in [0, 0.1) is 12.7 Å². The Morgan fingerprint density at radius 3 is 2.50 bits per heavy atom. The lowest BCUT2D eigenvalue weighted by atomic mass is 10.1. The van der Waals surface area contributed by atoms with Gasteiger partial charge in [-0.15, -0.1) is 0 Å². The molecule has 4 N–H and O–H groups in total. The standard InChI is InChI=1S/C8H10BrFN2/c1-4-6(8(11)12)2-5(10)3-7(4)9/h2-3,8H,11-12H2,1H3. The van der Waals surface area contributed by atoms with Crippen LogP contribution in [-0.4, -0.2) is 0 Å². The predicted molar refractivity (Wildman–Crippen MR) is 50.0 cm³/mol. The van der Waals surface area contributed by atoms with Crippen molar-refractivity contribution in [1.82, 2.24) is 0 Å². The van der Waals surface area contributed by atoms with Crippen LogP contribution in [0.15, 0.2) is 16.6 Å². The van der Waals surface area contributed by atoms with Crippen LogP contribution in [0.2, 0.25) is 0 Å². The Balaban J connectivity index is 3.28. The zero-order valence-corrected chi connectivity index (χ0v) is 8.23. The fourth-order valence-electron chi connectivity index (χ4n) is 1.01. The molecule has 0 aliphatic heterocycles. The molecule has 1 aromatic rings. The molecule has 2 nitrogen and oxygen atoms in total. The summed E-state index contributed by atoms with van der Waals surface area (Å²) in [4.78, 5) is 0. The van der Waals surface area contributed by atoms with Gasteiger partial charge in [0.05, 0.1) is 6.17 Å². The van der Waals surface area contributed by atoms with Gasteiger partial charge in [-0.25, -0.2) is 4.39 Å². The Labute approximate surface area is 78.9 Å². The van der Waals surface area contributed by atoms with Gasteiger partial charge in [-0.3, -0.25) is 0 Å². The van der Waals surface area contributed by atoms with Crippen molar-refractivity contribution in [3.05, 3.63) is 33.5 Å². The van der Waals surface area contributed by atoms with Crippen molar-refractivity contribution in [2.75, 3.05) is 0 Å². The van der Waals surface area contributed by atoms with Crippen LogP contribution in [0.4, 0.5) is 4.39 Å². The Morgan fingerprint density at radius 1 is 1.42 bits per heavy atom. The molecule has 0 amide bonds. The summed E-state index contributed by atoms with van der Waals surface area (Å²) in [7, 11) is 0. The Bertz CT molecular complexity index is 299. The van der Waals surface area contributed by atoms with Crippen molar-refractivity contribution >= 4 is 15.9 Å². The minimum Gasteiger partial charge on any atom is -0.312 e. The van der Waals surface area contributed by atoms with E-state index >= 15 is 0 Å². The smallest absolute Gasteiger partial charge is 0.124 e. The second-order valence-electron chi connectivity index (χ2n) is 2.63. The fraction of sp³-hybridized carbons (Fsp3) is 0.250. The average Bonchev–Trinajstić information content (AvgIpc) is 1.96. The molecule has 0 aliphatic carbocycles. The van der Waals surface area contributed by atoms with Crippen LogP contribution < -0.4 is 11.5 Å². The summed E-state index contributed by atoms with van der Waals surface area (Å²) in [5.41, 5.74) is 12.4. The number of nitrogens with two attached hydrogens (primary N) is 2. The first kappa shape index (κ1) is 9.64. The molecule has 0 radical (unpaired) electrons. The van der Waals surface area contributed by atoms with E-state index in [1.54, 1.807) is 0 Å². The Hall–Kier alpha value is -0.450. The molecule has 0 unspecified atom stereocenters. The largest absolute Gasteiger partial charge is 0.312 e. The van der Waals surface area contributed by atoms with Crippen LogP contribution in [0.3, 0.4) is 0 Å². The highest BCUT2D eigenvalue weighted by atomic mass is 79.9. The van der Waals surface area contributed by atoms with Gasteiger partial charge in [0, 0.05) is 4.47 Å². The van der Waals surface area contributed by atoms with Gasteiger partial charge >= 0.3 is 0 Å². The maximum absolute atomic E-state index is 12.8. The number of benzene rings is 1. The molecule has 0 spiro atoms. The van der Waals surface area contributed by atoms with Gasteiger partial charge < -0.3 is 11.5 Å². The molecule has 0 saturated heterocycles. The van der Waals surface area contributed by atoms with E-state index in [0.29, 0.717) is 10.0 Å². The minimum atomic E-state index is -0.628. The lowest BCUT2D eigenvalue weighted by Crippen LogP contribution is -2.21. The molecule has 0 aliphatic rings. The second kappa shape index (κ2) is 3.51. The van der Waals surface area contributed by atoms with Crippen molar-refractivity contribution in [2.45, 2.75) is 13.1 Å². The summed E-state index contributed by atoms with van der Waals surface area (Å²) >= 11 is 3.21. The van der Waals surface area contributed by atoms with Gasteiger partial charge in [0.1, 0.15) is 5.82 Å². The molecule has 0 bridgehead atoms. The topological polar surface area (TPSA) is 52.0 Å². The highest BCUT2D eigenvalue weighted by Crippen LogP contribution is 2.23. The van der Waals surface area contributed by atoms with E-state index in [4.69, 9.17) is 11.5 Å². The van der Waals surface area contributed by atoms with E-state index in [2.05, 4.69) is 15.9 Å². The summed E-state index contributed by atoms with van der Waals surface area (Å²) in [5.74, 6) is -0.330. The van der Waals surface area contributed by atoms with Crippen molar-refractivity contribution in [1.29, 1.82) is 0 Å². The fourth-order valence-corrected chi connectivity index (χ4v) is 1.46. The summed E-state index contributed by atoms with van der Waals surface area (Å²) in [6.07, 6.45) is -0.628. The molecule has 66 valence electrons. The maximum Gasteiger partial charge on any atom is 0.124 e. The third-order valence-corrected chi connectivity index (χ3v) is 2.53. The third-order valence-electron chi connectivity index (χ3n) is 1.71. The summed E-state index contributed by atoms with van der Waals surface area (Å²) < 4.78 is 13.5. The number of rotatable bonds is 1. The lowest BCUT2D eigenvalue weighted by molar-refractivity contribution is 0.618. The van der Waals surface area contributed by atoms with Gasteiger partial charge in [0.25, 0.3) is 0 Å². The summed E-state index contributed by atoms with van der Waals surface area (Å²) in [5, 5.41) is 0. The lowest BCUT2D eigenvalue weighted by Gasteiger charge is -2.10. The van der Waals surface area contributed by atoms with Gasteiger partial charge in [-0.2, -0.15) is 0 Å². The van der Waals surface area contributed by atoms with Crippen molar-refractivity contribution in [3.8, 4) is 0 Å². The van der Waals surface area contributed by atoms with E-state index in [9.17, 15) is 4.39 Å². The average molecular weight is 233 g/mol. The molecular weight excluding hydrogens is 223 g/mol. The van der Waals surface area contributed by atoms with Crippen molar-refractivity contribution in [3.63, 3.8) is 0 Å². The van der Waals surface area contributed by atoms with Gasteiger partial charge in [0.2, 0.25) is 0 Å². The van der Waals surface area contributed by atoms with Gasteiger partial charge in [0.15, 0.2) is 0 Å². The van der Waals surface area contributed by atoms with E-state index in [-0.39, 0.29) is 5.82 Å². The van der Waals surface area contributed by atoms with Crippen molar-refractivity contribution in [2.24, 2.45) is 11.5 Å². The predicted octanol–water partition coefficient (Wildman–Crippen LogP) is 1.81. The quantitative estimate of drug-likeness (QED) is 0.727. The van der Waals surface area contributed by atoms with Crippen LogP contribution in [0.1, 0.15) is 17.3 Å². The van der Waals surface area contributed by atoms with E-state index < -0.39 is 6.17 Å². The molecule has 1 rings (SSSR count). The highest BCUT2D eigenvalue weighted by Gasteiger charge is 2.08. The van der Waals surface area contributed by atoms with Crippen LogP contribution in [0.25, 0.3) is 0 Å². The van der Waals surface area contributed by atoms with E-state index in [0.717, 1.165) is 5.56 Å². The maximum atomic E-state index is 12.8. The molecule has 0 fully saturated rings.